The molecule has 1 aliphatic rings. The molecule has 0 bridgehead atoms. The fraction of sp³-hybridized carbons (Fsp3) is 1.00. The van der Waals surface area contributed by atoms with E-state index in [-0.39, 0.29) is 26.6 Å². The summed E-state index contributed by atoms with van der Waals surface area (Å²) < 4.78 is 7.85. The Bertz CT molecular complexity index is 69.3. The fourth-order valence-corrected chi connectivity index (χ4v) is 4.84. The van der Waals surface area contributed by atoms with Crippen LogP contribution >= 0.6 is 0 Å². The van der Waals surface area contributed by atoms with Gasteiger partial charge in [0, 0.05) is 0 Å². The standard InChI is InChI=1S/C5H9O.C2H5.H2O.Sn.H/c1-2-4-6-5-3-1;1-2;;;/h4H,1-3,5H2;1H2,2H3;1H2;;. The molecule has 10 heavy (non-hydrogen) atoms. The van der Waals surface area contributed by atoms with Gasteiger partial charge in [0.1, 0.15) is 0 Å². The summed E-state index contributed by atoms with van der Waals surface area (Å²) in [6.07, 6.45) is 4.12. The van der Waals surface area contributed by atoms with E-state index in [0.717, 1.165) is 10.7 Å². The molecule has 1 radical (unpaired) electrons. The molecule has 0 aromatic heterocycles. The van der Waals surface area contributed by atoms with Crippen LogP contribution in [0.4, 0.5) is 0 Å². The van der Waals surface area contributed by atoms with Crippen LogP contribution in [0.2, 0.25) is 4.44 Å². The van der Waals surface area contributed by atoms with E-state index in [9.17, 15) is 0 Å². The molecule has 0 aliphatic carbocycles. The van der Waals surface area contributed by atoms with Crippen LogP contribution in [-0.4, -0.2) is 37.3 Å². The summed E-state index contributed by atoms with van der Waals surface area (Å²) in [7, 11) is 0. The Morgan fingerprint density at radius 3 is 2.80 bits per heavy atom. The molecule has 1 fully saturated rings. The number of hydrogen-bond donors (Lipinski definition) is 0. The van der Waals surface area contributed by atoms with Crippen LogP contribution < -0.4 is 0 Å². The maximum atomic E-state index is 5.60. The third-order valence-corrected chi connectivity index (χ3v) is 6.06. The van der Waals surface area contributed by atoms with Crippen LogP contribution in [0.5, 0.6) is 0 Å². The molecule has 61 valence electrons. The van der Waals surface area contributed by atoms with Gasteiger partial charge in [0.05, 0.1) is 0 Å². The number of hydrogen-bond acceptors (Lipinski definition) is 1. The zero-order valence-electron chi connectivity index (χ0n) is 6.60. The van der Waals surface area contributed by atoms with Crippen LogP contribution in [0.15, 0.2) is 0 Å². The van der Waals surface area contributed by atoms with E-state index in [1.165, 1.54) is 23.7 Å². The molecule has 0 aromatic rings. The minimum absolute atomic E-state index is 0. The second-order valence-electron chi connectivity index (χ2n) is 2.55. The normalized spacial score (nSPS) is 25.5. The molecule has 1 saturated heterocycles. The van der Waals surface area contributed by atoms with Gasteiger partial charge >= 0.3 is 67.2 Å². The number of ether oxygens (including phenoxy) is 1. The van der Waals surface area contributed by atoms with Gasteiger partial charge in [-0.3, -0.25) is 0 Å². The van der Waals surface area contributed by atoms with Crippen molar-refractivity contribution in [3.63, 3.8) is 0 Å². The Hall–Kier alpha value is 0.719. The van der Waals surface area contributed by atoms with Crippen molar-refractivity contribution in [1.29, 1.82) is 0 Å². The van der Waals surface area contributed by atoms with E-state index in [4.69, 9.17) is 4.74 Å². The minimum Gasteiger partial charge on any atom is -0.412 e. The van der Waals surface area contributed by atoms with Crippen molar-refractivity contribution < 1.29 is 10.2 Å². The third kappa shape index (κ3) is 3.78. The van der Waals surface area contributed by atoms with E-state index in [0.29, 0.717) is 0 Å². The average Bonchev–Trinajstić information content (AvgIpc) is 1.91. The van der Waals surface area contributed by atoms with Crippen molar-refractivity contribution in [3.05, 3.63) is 0 Å². The molecule has 0 spiro atoms. The Balaban J connectivity index is 0.000000810. The first-order chi connectivity index (χ1) is 4.43. The molecule has 1 aliphatic heterocycles. The Labute approximate surface area is 72.9 Å². The number of rotatable bonds is 2. The first-order valence-electron chi connectivity index (χ1n) is 3.88. The summed E-state index contributed by atoms with van der Waals surface area (Å²) in [6, 6.07) is 0. The average molecular weight is 252 g/mol. The summed E-state index contributed by atoms with van der Waals surface area (Å²) in [5, 5.41) is 0. The molecule has 2 nitrogen and oxygen atoms in total. The zero-order chi connectivity index (χ0) is 6.53. The van der Waals surface area contributed by atoms with Crippen molar-refractivity contribution in [2.24, 2.45) is 0 Å². The molecule has 0 amide bonds. The molecular weight excluding hydrogens is 235 g/mol. The maximum Gasteiger partial charge on any atom is -0.412 e. The molecule has 1 unspecified atom stereocenters. The second-order valence-corrected chi connectivity index (χ2v) is 8.35. The predicted molar refractivity (Wildman–Crippen MR) is 44.8 cm³/mol. The fourth-order valence-electron chi connectivity index (χ4n) is 1.21. The summed E-state index contributed by atoms with van der Waals surface area (Å²) in [6.45, 7) is 3.36. The summed E-state index contributed by atoms with van der Waals surface area (Å²) in [5.41, 5.74) is 0. The largest absolute Gasteiger partial charge is 0.412 e. The van der Waals surface area contributed by atoms with Gasteiger partial charge in [0.25, 0.3) is 0 Å². The van der Waals surface area contributed by atoms with Gasteiger partial charge in [-0.25, -0.2) is 0 Å². The van der Waals surface area contributed by atoms with Crippen LogP contribution in [0, 0.1) is 0 Å². The first-order valence-corrected chi connectivity index (χ1v) is 8.11. The van der Waals surface area contributed by atoms with Crippen LogP contribution in [0.1, 0.15) is 26.2 Å². The van der Waals surface area contributed by atoms with Gasteiger partial charge in [-0.15, -0.1) is 0 Å². The molecule has 1 atom stereocenters. The monoisotopic (exact) mass is 253 g/mol. The Morgan fingerprint density at radius 2 is 2.30 bits per heavy atom. The first kappa shape index (κ1) is 10.7. The van der Waals surface area contributed by atoms with Gasteiger partial charge in [-0.1, -0.05) is 0 Å². The van der Waals surface area contributed by atoms with Crippen molar-refractivity contribution in [3.8, 4) is 0 Å². The summed E-state index contributed by atoms with van der Waals surface area (Å²) in [5.74, 6) is 0. The molecular formula is C7H17O2Sn. The smallest absolute Gasteiger partial charge is 0.412 e. The van der Waals surface area contributed by atoms with E-state index in [2.05, 4.69) is 6.92 Å². The van der Waals surface area contributed by atoms with E-state index in [1.807, 2.05) is 0 Å². The van der Waals surface area contributed by atoms with Gasteiger partial charge in [-0.05, 0) is 0 Å². The van der Waals surface area contributed by atoms with Crippen LogP contribution in [0.3, 0.4) is 0 Å². The zero-order valence-corrected chi connectivity index (χ0v) is 9.89. The van der Waals surface area contributed by atoms with Crippen molar-refractivity contribution in [1.82, 2.24) is 0 Å². The van der Waals surface area contributed by atoms with Crippen molar-refractivity contribution >= 4 is 21.1 Å². The Kier molecular flexibility index (Phi) is 6.89. The minimum atomic E-state index is -0.255. The Morgan fingerprint density at radius 1 is 1.50 bits per heavy atom. The third-order valence-electron chi connectivity index (χ3n) is 1.71. The van der Waals surface area contributed by atoms with Crippen LogP contribution in [-0.2, 0) is 4.74 Å². The van der Waals surface area contributed by atoms with E-state index < -0.39 is 0 Å². The van der Waals surface area contributed by atoms with E-state index >= 15 is 0 Å². The van der Waals surface area contributed by atoms with Gasteiger partial charge in [0.15, 0.2) is 0 Å². The molecule has 2 N–H and O–H groups in total. The van der Waals surface area contributed by atoms with Crippen molar-refractivity contribution in [2.45, 2.75) is 34.7 Å². The van der Waals surface area contributed by atoms with Gasteiger partial charge in [-0.2, -0.15) is 0 Å². The quantitative estimate of drug-likeness (QED) is 0.662. The van der Waals surface area contributed by atoms with Gasteiger partial charge < -0.3 is 5.48 Å². The van der Waals surface area contributed by atoms with Crippen LogP contribution in [0.25, 0.3) is 0 Å². The SMILES string of the molecule is C[CH2][SnH][CH]1CCCCO1.O. The summed E-state index contributed by atoms with van der Waals surface area (Å²) >= 11 is -0.255. The second kappa shape index (κ2) is 6.43. The maximum absolute atomic E-state index is 5.60. The van der Waals surface area contributed by atoms with Crippen molar-refractivity contribution in [2.75, 3.05) is 6.61 Å². The molecule has 3 heteroatoms. The molecule has 1 rings (SSSR count). The predicted octanol–water partition coefficient (Wildman–Crippen LogP) is 0.563. The molecule has 0 aromatic carbocycles. The van der Waals surface area contributed by atoms with E-state index in [1.54, 1.807) is 0 Å². The topological polar surface area (TPSA) is 40.7 Å². The van der Waals surface area contributed by atoms with Gasteiger partial charge in [0.2, 0.25) is 0 Å². The summed E-state index contributed by atoms with van der Waals surface area (Å²) in [4.78, 5) is 0. The molecule has 0 saturated carbocycles. The molecule has 1 heterocycles.